The Hall–Kier alpha value is -3.71. The van der Waals surface area contributed by atoms with Crippen molar-refractivity contribution < 1.29 is 17.9 Å². The lowest BCUT2D eigenvalue weighted by atomic mass is 10.1. The Balaban J connectivity index is 1.91. The minimum Gasteiger partial charge on any atom is -0.402 e. The Bertz CT molecular complexity index is 1390. The van der Waals surface area contributed by atoms with E-state index in [4.69, 9.17) is 4.74 Å². The van der Waals surface area contributed by atoms with Crippen LogP contribution in [0.25, 0.3) is 5.69 Å². The van der Waals surface area contributed by atoms with Crippen LogP contribution in [0.4, 0.5) is 0 Å². The van der Waals surface area contributed by atoms with E-state index >= 15 is 0 Å². The monoisotopic (exact) mass is 446 g/mol. The average Bonchev–Trinajstić information content (AvgIpc) is 3.11. The van der Waals surface area contributed by atoms with Gasteiger partial charge in [-0.3, -0.25) is 0 Å². The first-order valence-electron chi connectivity index (χ1n) is 10.0. The summed E-state index contributed by atoms with van der Waals surface area (Å²) in [4.78, 5) is 13.0. The van der Waals surface area contributed by atoms with E-state index in [1.54, 1.807) is 68.4 Å². The summed E-state index contributed by atoms with van der Waals surface area (Å²) in [5, 5.41) is 4.42. The number of aryl methyl sites for hydroxylation is 3. The lowest BCUT2D eigenvalue weighted by Gasteiger charge is -2.12. The summed E-state index contributed by atoms with van der Waals surface area (Å²) >= 11 is 0. The highest BCUT2D eigenvalue weighted by Crippen LogP contribution is 2.35. The minimum atomic E-state index is -4.00. The van der Waals surface area contributed by atoms with Crippen molar-refractivity contribution in [3.63, 3.8) is 0 Å². The van der Waals surface area contributed by atoms with Crippen molar-refractivity contribution in [1.82, 2.24) is 9.78 Å². The molecule has 0 saturated heterocycles. The molecule has 0 aliphatic carbocycles. The van der Waals surface area contributed by atoms with Gasteiger partial charge in [-0.25, -0.2) is 13.2 Å². The molecule has 32 heavy (non-hydrogen) atoms. The van der Waals surface area contributed by atoms with Crippen molar-refractivity contribution in [3.8, 4) is 11.6 Å². The molecular formula is C25H22N2O4S. The zero-order valence-electron chi connectivity index (χ0n) is 17.9. The van der Waals surface area contributed by atoms with Crippen LogP contribution in [0.3, 0.4) is 0 Å². The fourth-order valence-corrected chi connectivity index (χ4v) is 4.93. The maximum atomic E-state index is 13.6. The Morgan fingerprint density at radius 2 is 1.47 bits per heavy atom. The van der Waals surface area contributed by atoms with Crippen molar-refractivity contribution in [2.24, 2.45) is 0 Å². The van der Waals surface area contributed by atoms with E-state index in [-0.39, 0.29) is 21.4 Å². The van der Waals surface area contributed by atoms with Gasteiger partial charge in [-0.15, -0.1) is 0 Å². The normalized spacial score (nSPS) is 11.3. The number of carbonyl (C=O) groups is 1. The third-order valence-corrected chi connectivity index (χ3v) is 7.02. The van der Waals surface area contributed by atoms with E-state index in [0.29, 0.717) is 11.3 Å². The van der Waals surface area contributed by atoms with Crippen LogP contribution in [0, 0.1) is 20.8 Å². The molecule has 0 N–H and O–H groups in total. The Labute approximate surface area is 187 Å². The number of ether oxygens (including phenoxy) is 1. The predicted molar refractivity (Wildman–Crippen MR) is 121 cm³/mol. The van der Waals surface area contributed by atoms with Crippen LogP contribution in [-0.4, -0.2) is 24.2 Å². The van der Waals surface area contributed by atoms with Gasteiger partial charge in [0.25, 0.3) is 0 Å². The first-order valence-corrected chi connectivity index (χ1v) is 11.5. The minimum absolute atomic E-state index is 0.104. The van der Waals surface area contributed by atoms with Crippen molar-refractivity contribution in [2.45, 2.75) is 30.6 Å². The van der Waals surface area contributed by atoms with E-state index in [1.165, 1.54) is 16.8 Å². The number of nitrogens with zero attached hydrogens (tertiary/aromatic N) is 2. The summed E-state index contributed by atoms with van der Waals surface area (Å²) < 4.78 is 34.2. The van der Waals surface area contributed by atoms with Gasteiger partial charge in [0, 0.05) is 0 Å². The summed E-state index contributed by atoms with van der Waals surface area (Å²) in [5.41, 5.74) is 2.83. The van der Waals surface area contributed by atoms with Gasteiger partial charge < -0.3 is 4.74 Å². The zero-order chi connectivity index (χ0) is 22.9. The number of hydrogen-bond donors (Lipinski definition) is 0. The molecule has 3 aromatic carbocycles. The van der Waals surface area contributed by atoms with Crippen molar-refractivity contribution in [2.75, 3.05) is 0 Å². The highest BCUT2D eigenvalue weighted by molar-refractivity contribution is 7.91. The molecule has 0 fully saturated rings. The second-order valence-electron chi connectivity index (χ2n) is 7.49. The quantitative estimate of drug-likeness (QED) is 0.410. The van der Waals surface area contributed by atoms with Crippen LogP contribution >= 0.6 is 0 Å². The van der Waals surface area contributed by atoms with Gasteiger partial charge in [0.2, 0.25) is 15.7 Å². The van der Waals surface area contributed by atoms with E-state index in [9.17, 15) is 13.2 Å². The third kappa shape index (κ3) is 3.94. The highest BCUT2D eigenvalue weighted by atomic mass is 32.2. The first-order chi connectivity index (χ1) is 15.3. The summed E-state index contributed by atoms with van der Waals surface area (Å²) in [6, 6.07) is 22.5. The molecule has 162 valence electrons. The molecule has 0 radical (unpaired) electrons. The SMILES string of the molecule is Cc1ccc(S(=O)(=O)c2c(C)nn(-c3ccccc3)c2OC(=O)c2ccccc2C)cc1. The second kappa shape index (κ2) is 8.43. The van der Waals surface area contributed by atoms with Crippen molar-refractivity contribution >= 4 is 15.8 Å². The van der Waals surface area contributed by atoms with Gasteiger partial charge in [-0.2, -0.15) is 9.78 Å². The molecule has 0 saturated carbocycles. The van der Waals surface area contributed by atoms with Crippen LogP contribution in [-0.2, 0) is 9.84 Å². The molecule has 0 aliphatic rings. The fraction of sp³-hybridized carbons (Fsp3) is 0.120. The highest BCUT2D eigenvalue weighted by Gasteiger charge is 2.32. The number of sulfone groups is 1. The standard InChI is InChI=1S/C25H22N2O4S/c1-17-13-15-21(16-14-17)32(29,30)23-19(3)26-27(20-10-5-4-6-11-20)24(23)31-25(28)22-12-8-7-9-18(22)2/h4-16H,1-3H3. The summed E-state index contributed by atoms with van der Waals surface area (Å²) in [6.45, 7) is 5.26. The molecule has 4 rings (SSSR count). The van der Waals surface area contributed by atoms with Crippen LogP contribution in [0.5, 0.6) is 5.88 Å². The van der Waals surface area contributed by atoms with Crippen LogP contribution in [0.2, 0.25) is 0 Å². The number of hydrogen-bond acceptors (Lipinski definition) is 5. The van der Waals surface area contributed by atoms with Crippen molar-refractivity contribution in [3.05, 3.63) is 101 Å². The summed E-state index contributed by atoms with van der Waals surface area (Å²) in [5.74, 6) is -0.789. The van der Waals surface area contributed by atoms with Crippen LogP contribution in [0.1, 0.15) is 27.2 Å². The molecule has 4 aromatic rings. The van der Waals surface area contributed by atoms with Crippen LogP contribution < -0.4 is 4.74 Å². The molecule has 0 amide bonds. The van der Waals surface area contributed by atoms with Gasteiger partial charge in [0.1, 0.15) is 0 Å². The van der Waals surface area contributed by atoms with Crippen LogP contribution in [0.15, 0.2) is 88.7 Å². The van der Waals surface area contributed by atoms with E-state index in [1.807, 2.05) is 19.1 Å². The third-order valence-electron chi connectivity index (χ3n) is 5.12. The number of aromatic nitrogens is 2. The molecule has 7 heteroatoms. The topological polar surface area (TPSA) is 78.3 Å². The number of para-hydroxylation sites is 1. The fourth-order valence-electron chi connectivity index (χ4n) is 3.41. The van der Waals surface area contributed by atoms with Gasteiger partial charge in [-0.1, -0.05) is 54.1 Å². The van der Waals surface area contributed by atoms with Crippen molar-refractivity contribution in [1.29, 1.82) is 0 Å². The summed E-state index contributed by atoms with van der Waals surface area (Å²) in [6.07, 6.45) is 0. The average molecular weight is 447 g/mol. The Morgan fingerprint density at radius 3 is 2.12 bits per heavy atom. The van der Waals surface area contributed by atoms with E-state index in [2.05, 4.69) is 5.10 Å². The largest absolute Gasteiger partial charge is 0.402 e. The molecule has 1 aromatic heterocycles. The summed E-state index contributed by atoms with van der Waals surface area (Å²) in [7, 11) is -4.00. The maximum Gasteiger partial charge on any atom is 0.345 e. The zero-order valence-corrected chi connectivity index (χ0v) is 18.8. The first kappa shape index (κ1) is 21.5. The number of rotatable bonds is 5. The molecule has 0 atom stereocenters. The number of carbonyl (C=O) groups excluding carboxylic acids is 1. The van der Waals surface area contributed by atoms with E-state index < -0.39 is 15.8 Å². The Morgan fingerprint density at radius 1 is 0.844 bits per heavy atom. The molecule has 1 heterocycles. The lowest BCUT2D eigenvalue weighted by molar-refractivity contribution is 0.0717. The van der Waals surface area contributed by atoms with E-state index in [0.717, 1.165) is 11.1 Å². The predicted octanol–water partition coefficient (Wildman–Crippen LogP) is 4.85. The van der Waals surface area contributed by atoms with Gasteiger partial charge in [0.05, 0.1) is 21.8 Å². The molecular weight excluding hydrogens is 424 g/mol. The Kier molecular flexibility index (Phi) is 5.67. The number of esters is 1. The van der Waals surface area contributed by atoms with Gasteiger partial charge in [0.15, 0.2) is 4.90 Å². The molecule has 0 bridgehead atoms. The molecule has 0 spiro atoms. The second-order valence-corrected chi connectivity index (χ2v) is 9.37. The lowest BCUT2D eigenvalue weighted by Crippen LogP contribution is -2.15. The maximum absolute atomic E-state index is 13.6. The smallest absolute Gasteiger partial charge is 0.345 e. The molecule has 0 aliphatic heterocycles. The number of benzene rings is 3. The molecule has 6 nitrogen and oxygen atoms in total. The molecule has 0 unspecified atom stereocenters. The van der Waals surface area contributed by atoms with Gasteiger partial charge >= 0.3 is 5.97 Å². The van der Waals surface area contributed by atoms with Gasteiger partial charge in [-0.05, 0) is 56.7 Å².